The van der Waals surface area contributed by atoms with Crippen molar-refractivity contribution in [3.05, 3.63) is 35.4 Å². The highest BCUT2D eigenvalue weighted by molar-refractivity contribution is 5.93. The highest BCUT2D eigenvalue weighted by atomic mass is 16.3. The summed E-state index contributed by atoms with van der Waals surface area (Å²) < 4.78 is 0. The third-order valence-corrected chi connectivity index (χ3v) is 3.72. The average Bonchev–Trinajstić information content (AvgIpc) is 2.87. The van der Waals surface area contributed by atoms with Gasteiger partial charge in [0.2, 0.25) is 0 Å². The van der Waals surface area contributed by atoms with Crippen molar-refractivity contribution < 1.29 is 9.90 Å². The molecular formula is C14H21N3O2. The molecule has 1 saturated heterocycles. The molecule has 0 bridgehead atoms. The van der Waals surface area contributed by atoms with Gasteiger partial charge >= 0.3 is 0 Å². The molecule has 1 fully saturated rings. The molecule has 104 valence electrons. The first-order valence-corrected chi connectivity index (χ1v) is 6.60. The summed E-state index contributed by atoms with van der Waals surface area (Å²) in [5.74, 6) is 5.22. The molecule has 1 heterocycles. The number of aliphatic hydroxyl groups excluding tert-OH is 1. The van der Waals surface area contributed by atoms with Gasteiger partial charge in [-0.2, -0.15) is 0 Å². The zero-order valence-corrected chi connectivity index (χ0v) is 11.2. The maximum absolute atomic E-state index is 11.5. The van der Waals surface area contributed by atoms with Crippen LogP contribution in [0.4, 0.5) is 0 Å². The summed E-state index contributed by atoms with van der Waals surface area (Å²) >= 11 is 0. The van der Waals surface area contributed by atoms with E-state index in [2.05, 4.69) is 10.3 Å². The first-order chi connectivity index (χ1) is 9.10. The van der Waals surface area contributed by atoms with E-state index in [4.69, 9.17) is 5.84 Å². The van der Waals surface area contributed by atoms with E-state index in [0.29, 0.717) is 11.5 Å². The molecule has 4 N–H and O–H groups in total. The zero-order valence-electron chi connectivity index (χ0n) is 11.2. The van der Waals surface area contributed by atoms with Crippen molar-refractivity contribution in [3.8, 4) is 0 Å². The number of rotatable bonds is 4. The molecule has 2 rings (SSSR count). The number of hydrogen-bond acceptors (Lipinski definition) is 4. The molecule has 1 aliphatic heterocycles. The Morgan fingerprint density at radius 1 is 1.63 bits per heavy atom. The minimum atomic E-state index is -0.273. The monoisotopic (exact) mass is 263 g/mol. The van der Waals surface area contributed by atoms with Crippen LogP contribution in [0.25, 0.3) is 0 Å². The standard InChI is InChI=1S/C14H21N3O2/c1-10(18)13-5-6-17(9-13)8-11-3-2-4-12(7-11)14(19)16-15/h2-4,7,10,13,18H,5-6,8-9,15H2,1H3,(H,16,19). The predicted octanol–water partition coefficient (Wildman–Crippen LogP) is 0.493. The SMILES string of the molecule is CC(O)C1CCN(Cc2cccc(C(=O)NN)c2)C1. The Balaban J connectivity index is 1.98. The topological polar surface area (TPSA) is 78.6 Å². The minimum absolute atomic E-state index is 0.251. The smallest absolute Gasteiger partial charge is 0.265 e. The zero-order chi connectivity index (χ0) is 13.8. The highest BCUT2D eigenvalue weighted by Gasteiger charge is 2.25. The van der Waals surface area contributed by atoms with Gasteiger partial charge in [-0.05, 0) is 43.5 Å². The van der Waals surface area contributed by atoms with Crippen molar-refractivity contribution >= 4 is 5.91 Å². The van der Waals surface area contributed by atoms with Crippen LogP contribution in [0, 0.1) is 5.92 Å². The van der Waals surface area contributed by atoms with Crippen LogP contribution in [0.3, 0.4) is 0 Å². The lowest BCUT2D eigenvalue weighted by atomic mass is 10.0. The Bertz CT molecular complexity index is 448. The molecular weight excluding hydrogens is 242 g/mol. The van der Waals surface area contributed by atoms with Gasteiger partial charge in [-0.25, -0.2) is 5.84 Å². The van der Waals surface area contributed by atoms with Gasteiger partial charge in [-0.1, -0.05) is 12.1 Å². The minimum Gasteiger partial charge on any atom is -0.393 e. The van der Waals surface area contributed by atoms with Crippen molar-refractivity contribution in [2.45, 2.75) is 26.0 Å². The van der Waals surface area contributed by atoms with Crippen molar-refractivity contribution in [1.82, 2.24) is 10.3 Å². The number of nitrogens with two attached hydrogens (primary N) is 1. The van der Waals surface area contributed by atoms with E-state index < -0.39 is 0 Å². The van der Waals surface area contributed by atoms with Gasteiger partial charge in [-0.3, -0.25) is 15.1 Å². The Morgan fingerprint density at radius 2 is 2.42 bits per heavy atom. The van der Waals surface area contributed by atoms with Gasteiger partial charge in [0.1, 0.15) is 0 Å². The van der Waals surface area contributed by atoms with E-state index in [0.717, 1.165) is 31.6 Å². The molecule has 0 aromatic heterocycles. The Kier molecular flexibility index (Phi) is 4.52. The van der Waals surface area contributed by atoms with Gasteiger partial charge in [-0.15, -0.1) is 0 Å². The normalized spacial score (nSPS) is 21.3. The van der Waals surface area contributed by atoms with Crippen LogP contribution >= 0.6 is 0 Å². The number of likely N-dealkylation sites (tertiary alicyclic amines) is 1. The van der Waals surface area contributed by atoms with Gasteiger partial charge in [0, 0.05) is 18.7 Å². The second-order valence-electron chi connectivity index (χ2n) is 5.20. The lowest BCUT2D eigenvalue weighted by Crippen LogP contribution is -2.30. The molecule has 0 saturated carbocycles. The van der Waals surface area contributed by atoms with Crippen LogP contribution in [-0.4, -0.2) is 35.1 Å². The fourth-order valence-corrected chi connectivity index (χ4v) is 2.55. The average molecular weight is 263 g/mol. The second-order valence-corrected chi connectivity index (χ2v) is 5.20. The molecule has 0 radical (unpaired) electrons. The summed E-state index contributed by atoms with van der Waals surface area (Å²) in [5, 5.41) is 9.59. The quantitative estimate of drug-likeness (QED) is 0.420. The van der Waals surface area contributed by atoms with Crippen LogP contribution in [0.2, 0.25) is 0 Å². The number of carbonyl (C=O) groups is 1. The van der Waals surface area contributed by atoms with Gasteiger partial charge in [0.15, 0.2) is 0 Å². The van der Waals surface area contributed by atoms with Gasteiger partial charge in [0.05, 0.1) is 6.10 Å². The highest BCUT2D eigenvalue weighted by Crippen LogP contribution is 2.21. The van der Waals surface area contributed by atoms with Gasteiger partial charge in [0.25, 0.3) is 5.91 Å². The van der Waals surface area contributed by atoms with Crippen LogP contribution in [-0.2, 0) is 6.54 Å². The summed E-state index contributed by atoms with van der Waals surface area (Å²) in [6.07, 6.45) is 0.778. The Morgan fingerprint density at radius 3 is 3.05 bits per heavy atom. The van der Waals surface area contributed by atoms with Crippen molar-refractivity contribution in [2.24, 2.45) is 11.8 Å². The Hall–Kier alpha value is -1.43. The van der Waals surface area contributed by atoms with Crippen molar-refractivity contribution in [2.75, 3.05) is 13.1 Å². The molecule has 5 heteroatoms. The molecule has 2 atom stereocenters. The summed E-state index contributed by atoms with van der Waals surface area (Å²) in [6, 6.07) is 7.47. The number of aliphatic hydroxyl groups is 1. The summed E-state index contributed by atoms with van der Waals surface area (Å²) in [6.45, 7) is 4.54. The number of nitrogens with zero attached hydrogens (tertiary/aromatic N) is 1. The first kappa shape index (κ1) is 14.0. The molecule has 2 unspecified atom stereocenters. The van der Waals surface area contributed by atoms with Crippen LogP contribution in [0.5, 0.6) is 0 Å². The predicted molar refractivity (Wildman–Crippen MR) is 73.2 cm³/mol. The molecule has 5 nitrogen and oxygen atoms in total. The lowest BCUT2D eigenvalue weighted by Gasteiger charge is -2.17. The van der Waals surface area contributed by atoms with Gasteiger partial charge < -0.3 is 5.11 Å². The van der Waals surface area contributed by atoms with Crippen LogP contribution in [0.1, 0.15) is 29.3 Å². The molecule has 1 aromatic rings. The fraction of sp³-hybridized carbons (Fsp3) is 0.500. The number of carbonyl (C=O) groups excluding carboxylic acids is 1. The number of nitrogen functional groups attached to an aromatic ring is 1. The third-order valence-electron chi connectivity index (χ3n) is 3.72. The lowest BCUT2D eigenvalue weighted by molar-refractivity contribution is 0.0953. The number of amides is 1. The largest absolute Gasteiger partial charge is 0.393 e. The molecule has 1 amide bonds. The maximum Gasteiger partial charge on any atom is 0.265 e. The molecule has 1 aliphatic rings. The molecule has 19 heavy (non-hydrogen) atoms. The number of hydrazine groups is 1. The number of hydrogen-bond donors (Lipinski definition) is 3. The molecule has 0 spiro atoms. The van der Waals surface area contributed by atoms with E-state index in [1.807, 2.05) is 25.1 Å². The van der Waals surface area contributed by atoms with Crippen LogP contribution in [0.15, 0.2) is 24.3 Å². The van der Waals surface area contributed by atoms with E-state index in [9.17, 15) is 9.90 Å². The maximum atomic E-state index is 11.5. The fourth-order valence-electron chi connectivity index (χ4n) is 2.55. The number of benzene rings is 1. The Labute approximate surface area is 113 Å². The third kappa shape index (κ3) is 3.53. The van der Waals surface area contributed by atoms with Crippen LogP contribution < -0.4 is 11.3 Å². The van der Waals surface area contributed by atoms with E-state index >= 15 is 0 Å². The number of nitrogens with one attached hydrogen (secondary N) is 1. The van der Waals surface area contributed by atoms with E-state index in [-0.39, 0.29) is 12.0 Å². The first-order valence-electron chi connectivity index (χ1n) is 6.60. The second kappa shape index (κ2) is 6.14. The van der Waals surface area contributed by atoms with Crippen molar-refractivity contribution in [3.63, 3.8) is 0 Å². The molecule has 1 aromatic carbocycles. The van der Waals surface area contributed by atoms with E-state index in [1.165, 1.54) is 0 Å². The van der Waals surface area contributed by atoms with E-state index in [1.54, 1.807) is 6.07 Å². The summed E-state index contributed by atoms with van der Waals surface area (Å²) in [4.78, 5) is 13.8. The summed E-state index contributed by atoms with van der Waals surface area (Å²) in [7, 11) is 0. The summed E-state index contributed by atoms with van der Waals surface area (Å²) in [5.41, 5.74) is 3.80. The van der Waals surface area contributed by atoms with Crippen molar-refractivity contribution in [1.29, 1.82) is 0 Å². The molecule has 0 aliphatic carbocycles.